The Labute approximate surface area is 66.3 Å². The van der Waals surface area contributed by atoms with E-state index in [2.05, 4.69) is 33.8 Å². The zero-order valence-corrected chi connectivity index (χ0v) is 8.20. The molecule has 10 heavy (non-hydrogen) atoms. The van der Waals surface area contributed by atoms with E-state index in [0.717, 1.165) is 0 Å². The first-order valence-corrected chi connectivity index (χ1v) is 4.28. The van der Waals surface area contributed by atoms with E-state index in [4.69, 9.17) is 0 Å². The van der Waals surface area contributed by atoms with Gasteiger partial charge in [-0.1, -0.05) is 44.8 Å². The molecule has 0 bridgehead atoms. The first-order valence-electron chi connectivity index (χ1n) is 4.28. The Kier molecular flexibility index (Phi) is 14.3. The van der Waals surface area contributed by atoms with Gasteiger partial charge in [-0.05, 0) is 20.8 Å². The van der Waals surface area contributed by atoms with Crippen LogP contribution in [0, 0.1) is 0 Å². The van der Waals surface area contributed by atoms with Crippen LogP contribution in [0.1, 0.15) is 53.9 Å². The summed E-state index contributed by atoms with van der Waals surface area (Å²) in [4.78, 5) is 0. The molecule has 0 radical (unpaired) electrons. The summed E-state index contributed by atoms with van der Waals surface area (Å²) in [6, 6.07) is 0. The Morgan fingerprint density at radius 1 is 1.10 bits per heavy atom. The molecule has 0 amide bonds. The third kappa shape index (κ3) is 25.1. The van der Waals surface area contributed by atoms with Crippen molar-refractivity contribution in [2.24, 2.45) is 0 Å². The smallest absolute Gasteiger partial charge is 0.0442 e. The second kappa shape index (κ2) is 11.5. The maximum Gasteiger partial charge on any atom is -0.0442 e. The Bertz CT molecular complexity index is 64.1. The van der Waals surface area contributed by atoms with E-state index in [1.807, 2.05) is 6.92 Å². The predicted octanol–water partition coefficient (Wildman–Crippen LogP) is 4.17. The molecule has 0 saturated heterocycles. The van der Waals surface area contributed by atoms with E-state index in [0.29, 0.717) is 0 Å². The lowest BCUT2D eigenvalue weighted by Gasteiger charge is -1.79. The maximum atomic E-state index is 2.21. The second-order valence-electron chi connectivity index (χ2n) is 2.72. The standard InChI is InChI=1S/C5H10.C5H12/c1-4-5(2)3;1-3-5-4-2/h4H,1-3H3;3-5H2,1-2H3. The average molecular weight is 142 g/mol. The van der Waals surface area contributed by atoms with Crippen LogP contribution in [0.4, 0.5) is 0 Å². The fourth-order valence-corrected chi connectivity index (χ4v) is 0.354. The van der Waals surface area contributed by atoms with Gasteiger partial charge in [0.1, 0.15) is 0 Å². The minimum Gasteiger partial charge on any atom is -0.0890 e. The van der Waals surface area contributed by atoms with Crippen molar-refractivity contribution >= 4 is 0 Å². The van der Waals surface area contributed by atoms with Gasteiger partial charge in [0, 0.05) is 0 Å². The molecule has 0 heteroatoms. The number of hydrogen-bond donors (Lipinski definition) is 0. The van der Waals surface area contributed by atoms with Gasteiger partial charge in [-0.25, -0.2) is 0 Å². The van der Waals surface area contributed by atoms with Gasteiger partial charge in [0.05, 0.1) is 0 Å². The highest BCUT2D eigenvalue weighted by Gasteiger charge is 1.68. The van der Waals surface area contributed by atoms with Crippen molar-refractivity contribution < 1.29 is 0 Å². The first-order chi connectivity index (χ1) is 4.68. The highest BCUT2D eigenvalue weighted by Crippen LogP contribution is 1.88. The summed E-state index contributed by atoms with van der Waals surface area (Å²) in [5, 5.41) is 0. The summed E-state index contributed by atoms with van der Waals surface area (Å²) in [5.41, 5.74) is 1.38. The van der Waals surface area contributed by atoms with Crippen LogP contribution in [0.2, 0.25) is 0 Å². The Hall–Kier alpha value is -0.260. The van der Waals surface area contributed by atoms with Crippen LogP contribution in [-0.4, -0.2) is 0 Å². The summed E-state index contributed by atoms with van der Waals surface area (Å²) in [5.74, 6) is 0. The van der Waals surface area contributed by atoms with Crippen molar-refractivity contribution in [3.05, 3.63) is 11.6 Å². The van der Waals surface area contributed by atoms with Crippen molar-refractivity contribution in [2.45, 2.75) is 53.9 Å². The van der Waals surface area contributed by atoms with E-state index in [1.165, 1.54) is 24.8 Å². The van der Waals surface area contributed by atoms with Gasteiger partial charge in [0.2, 0.25) is 0 Å². The summed E-state index contributed by atoms with van der Waals surface area (Å²) in [6.45, 7) is 10.6. The van der Waals surface area contributed by atoms with Crippen LogP contribution in [0.5, 0.6) is 0 Å². The molecule has 0 spiro atoms. The van der Waals surface area contributed by atoms with E-state index in [9.17, 15) is 0 Å². The molecule has 0 saturated carbocycles. The molecule has 0 unspecified atom stereocenters. The molecule has 0 N–H and O–H groups in total. The molecule has 0 atom stereocenters. The molecule has 0 aliphatic heterocycles. The van der Waals surface area contributed by atoms with Gasteiger partial charge in [0.15, 0.2) is 0 Å². The maximum absolute atomic E-state index is 2.21. The van der Waals surface area contributed by atoms with Crippen LogP contribution >= 0.6 is 0 Å². The molecule has 0 heterocycles. The molecule has 0 aromatic rings. The number of rotatable bonds is 2. The fourth-order valence-electron chi connectivity index (χ4n) is 0.354. The summed E-state index contributed by atoms with van der Waals surface area (Å²) < 4.78 is 0. The fraction of sp³-hybridized carbons (Fsp3) is 0.800. The molecule has 0 aromatic heterocycles. The normalized spacial score (nSPS) is 7.70. The molecule has 0 nitrogen and oxygen atoms in total. The topological polar surface area (TPSA) is 0 Å². The summed E-state index contributed by atoms with van der Waals surface area (Å²) in [6.07, 6.45) is 6.16. The number of hydrogen-bond acceptors (Lipinski definition) is 0. The van der Waals surface area contributed by atoms with Gasteiger partial charge in [-0.3, -0.25) is 0 Å². The van der Waals surface area contributed by atoms with E-state index in [-0.39, 0.29) is 0 Å². The quantitative estimate of drug-likeness (QED) is 0.508. The van der Waals surface area contributed by atoms with E-state index in [1.54, 1.807) is 0 Å². The molecular weight excluding hydrogens is 120 g/mol. The van der Waals surface area contributed by atoms with Crippen molar-refractivity contribution in [1.82, 2.24) is 0 Å². The SMILES string of the molecule is CC=C(C)C.CCCCC. The van der Waals surface area contributed by atoms with Crippen molar-refractivity contribution in [1.29, 1.82) is 0 Å². The van der Waals surface area contributed by atoms with Crippen molar-refractivity contribution in [3.63, 3.8) is 0 Å². The largest absolute Gasteiger partial charge is 0.0890 e. The Balaban J connectivity index is 0. The van der Waals surface area contributed by atoms with Crippen LogP contribution in [-0.2, 0) is 0 Å². The molecular formula is C10H22. The third-order valence-corrected chi connectivity index (χ3v) is 1.28. The van der Waals surface area contributed by atoms with E-state index < -0.39 is 0 Å². The zero-order chi connectivity index (χ0) is 8.41. The van der Waals surface area contributed by atoms with Crippen LogP contribution in [0.25, 0.3) is 0 Å². The van der Waals surface area contributed by atoms with Gasteiger partial charge < -0.3 is 0 Å². The highest BCUT2D eigenvalue weighted by atomic mass is 13.7. The second-order valence-corrected chi connectivity index (χ2v) is 2.72. The lowest BCUT2D eigenvalue weighted by molar-refractivity contribution is 0.772. The third-order valence-electron chi connectivity index (χ3n) is 1.28. The van der Waals surface area contributed by atoms with Crippen molar-refractivity contribution in [3.8, 4) is 0 Å². The van der Waals surface area contributed by atoms with Gasteiger partial charge in [0.25, 0.3) is 0 Å². The molecule has 0 aromatic carbocycles. The highest BCUT2D eigenvalue weighted by molar-refractivity contribution is 4.88. The Morgan fingerprint density at radius 3 is 1.40 bits per heavy atom. The Morgan fingerprint density at radius 2 is 1.40 bits per heavy atom. The van der Waals surface area contributed by atoms with Crippen molar-refractivity contribution in [2.75, 3.05) is 0 Å². The molecule has 0 aliphatic carbocycles. The summed E-state index contributed by atoms with van der Waals surface area (Å²) in [7, 11) is 0. The minimum atomic E-state index is 1.34. The number of unbranched alkanes of at least 4 members (excludes halogenated alkanes) is 2. The zero-order valence-electron chi connectivity index (χ0n) is 8.20. The predicted molar refractivity (Wildman–Crippen MR) is 50.3 cm³/mol. The molecule has 0 fully saturated rings. The van der Waals surface area contributed by atoms with Crippen LogP contribution in [0.3, 0.4) is 0 Å². The van der Waals surface area contributed by atoms with Crippen LogP contribution in [0.15, 0.2) is 11.6 Å². The van der Waals surface area contributed by atoms with Gasteiger partial charge in [-0.15, -0.1) is 0 Å². The molecule has 62 valence electrons. The lowest BCUT2D eigenvalue weighted by atomic mass is 10.3. The van der Waals surface area contributed by atoms with E-state index >= 15 is 0 Å². The first kappa shape index (κ1) is 12.4. The summed E-state index contributed by atoms with van der Waals surface area (Å²) >= 11 is 0. The van der Waals surface area contributed by atoms with Crippen LogP contribution < -0.4 is 0 Å². The minimum absolute atomic E-state index is 1.34. The monoisotopic (exact) mass is 142 g/mol. The molecule has 0 rings (SSSR count). The van der Waals surface area contributed by atoms with Gasteiger partial charge >= 0.3 is 0 Å². The van der Waals surface area contributed by atoms with Gasteiger partial charge in [-0.2, -0.15) is 0 Å². The lowest BCUT2D eigenvalue weighted by Crippen LogP contribution is -1.59. The molecule has 0 aliphatic rings. The average Bonchev–Trinajstić information content (AvgIpc) is 1.91. The number of allylic oxidation sites excluding steroid dienone is 2.